The summed E-state index contributed by atoms with van der Waals surface area (Å²) in [4.78, 5) is 23.0. The largest absolute Gasteiger partial charge is 0.482 e. The second kappa shape index (κ2) is 5.05. The second-order valence-corrected chi connectivity index (χ2v) is 4.10. The molecule has 0 bridgehead atoms. The van der Waals surface area contributed by atoms with Crippen LogP contribution in [0, 0.1) is 0 Å². The minimum atomic E-state index is -0.320. The lowest BCUT2D eigenvalue weighted by Gasteiger charge is -2.18. The lowest BCUT2D eigenvalue weighted by molar-refractivity contribution is -0.118. The van der Waals surface area contributed by atoms with Gasteiger partial charge in [0.2, 0.25) is 0 Å². The zero-order chi connectivity index (χ0) is 13.1. The molecule has 18 heavy (non-hydrogen) atoms. The third kappa shape index (κ3) is 2.60. The maximum Gasteiger partial charge on any atom is 0.262 e. The molecule has 3 N–H and O–H groups in total. The van der Waals surface area contributed by atoms with E-state index in [-0.39, 0.29) is 31.1 Å². The number of ether oxygens (including phenoxy) is 1. The van der Waals surface area contributed by atoms with Crippen molar-refractivity contribution >= 4 is 17.5 Å². The molecule has 6 heteroatoms. The number of carbonyl (C=O) groups is 2. The van der Waals surface area contributed by atoms with E-state index in [1.54, 1.807) is 25.1 Å². The van der Waals surface area contributed by atoms with Crippen LogP contribution in [0.1, 0.15) is 17.3 Å². The molecule has 1 aromatic rings. The van der Waals surface area contributed by atoms with Crippen molar-refractivity contribution in [3.05, 3.63) is 23.8 Å². The topological polar surface area (TPSA) is 87.7 Å². The molecule has 0 aromatic heterocycles. The number of carbonyl (C=O) groups excluding carboxylic acids is 2. The molecular weight excluding hydrogens is 236 g/mol. The predicted molar refractivity (Wildman–Crippen MR) is 64.6 cm³/mol. The lowest BCUT2D eigenvalue weighted by Crippen LogP contribution is -2.35. The van der Waals surface area contributed by atoms with Crippen LogP contribution >= 0.6 is 0 Å². The Kier molecular flexibility index (Phi) is 3.47. The normalized spacial score (nSPS) is 15.1. The SMILES string of the molecule is C[C@@H](CO)NC(=O)c1ccc2c(c1)NC(=O)CO2. The quantitative estimate of drug-likeness (QED) is 0.711. The van der Waals surface area contributed by atoms with Crippen molar-refractivity contribution in [1.29, 1.82) is 0 Å². The van der Waals surface area contributed by atoms with Crippen LogP contribution in [0.2, 0.25) is 0 Å². The molecule has 0 radical (unpaired) electrons. The predicted octanol–water partition coefficient (Wildman–Crippen LogP) is 0.128. The zero-order valence-electron chi connectivity index (χ0n) is 9.90. The van der Waals surface area contributed by atoms with E-state index in [2.05, 4.69) is 10.6 Å². The van der Waals surface area contributed by atoms with E-state index in [0.29, 0.717) is 17.0 Å². The van der Waals surface area contributed by atoms with Crippen molar-refractivity contribution in [3.8, 4) is 5.75 Å². The van der Waals surface area contributed by atoms with Gasteiger partial charge in [0.25, 0.3) is 11.8 Å². The van der Waals surface area contributed by atoms with E-state index in [9.17, 15) is 9.59 Å². The van der Waals surface area contributed by atoms with Crippen LogP contribution in [0.4, 0.5) is 5.69 Å². The molecule has 0 saturated carbocycles. The lowest BCUT2D eigenvalue weighted by atomic mass is 10.1. The monoisotopic (exact) mass is 250 g/mol. The fourth-order valence-corrected chi connectivity index (χ4v) is 1.58. The van der Waals surface area contributed by atoms with Gasteiger partial charge in [0.1, 0.15) is 5.75 Å². The molecule has 1 aromatic carbocycles. The first-order valence-corrected chi connectivity index (χ1v) is 5.58. The fourth-order valence-electron chi connectivity index (χ4n) is 1.58. The summed E-state index contributed by atoms with van der Waals surface area (Å²) >= 11 is 0. The molecule has 96 valence electrons. The van der Waals surface area contributed by atoms with Gasteiger partial charge >= 0.3 is 0 Å². The van der Waals surface area contributed by atoms with Gasteiger partial charge in [-0.25, -0.2) is 0 Å². The molecule has 1 heterocycles. The summed E-state index contributed by atoms with van der Waals surface area (Å²) in [5.41, 5.74) is 0.885. The van der Waals surface area contributed by atoms with Crippen LogP contribution in [-0.4, -0.2) is 36.2 Å². The summed E-state index contributed by atoms with van der Waals surface area (Å²) in [5.74, 6) is -0.00989. The van der Waals surface area contributed by atoms with Gasteiger partial charge in [0.05, 0.1) is 12.3 Å². The molecule has 6 nitrogen and oxygen atoms in total. The Morgan fingerprint density at radius 3 is 3.11 bits per heavy atom. The third-order valence-corrected chi connectivity index (χ3v) is 2.53. The van der Waals surface area contributed by atoms with Crippen LogP contribution in [0.15, 0.2) is 18.2 Å². The zero-order valence-corrected chi connectivity index (χ0v) is 9.90. The molecule has 2 amide bonds. The van der Waals surface area contributed by atoms with Gasteiger partial charge in [-0.2, -0.15) is 0 Å². The van der Waals surface area contributed by atoms with Crippen LogP contribution in [-0.2, 0) is 4.79 Å². The number of fused-ring (bicyclic) bond motifs is 1. The number of hydrogen-bond donors (Lipinski definition) is 3. The Morgan fingerprint density at radius 2 is 2.39 bits per heavy atom. The van der Waals surface area contributed by atoms with E-state index < -0.39 is 0 Å². The number of amides is 2. The van der Waals surface area contributed by atoms with Crippen LogP contribution in [0.5, 0.6) is 5.75 Å². The van der Waals surface area contributed by atoms with E-state index >= 15 is 0 Å². The Hall–Kier alpha value is -2.08. The van der Waals surface area contributed by atoms with Crippen LogP contribution < -0.4 is 15.4 Å². The van der Waals surface area contributed by atoms with Crippen molar-refractivity contribution in [2.24, 2.45) is 0 Å². The molecule has 2 rings (SSSR count). The van der Waals surface area contributed by atoms with Crippen molar-refractivity contribution < 1.29 is 19.4 Å². The number of nitrogens with one attached hydrogen (secondary N) is 2. The minimum absolute atomic E-state index is 0.0138. The van der Waals surface area contributed by atoms with Gasteiger partial charge in [-0.15, -0.1) is 0 Å². The van der Waals surface area contributed by atoms with Gasteiger partial charge in [0, 0.05) is 11.6 Å². The first-order valence-electron chi connectivity index (χ1n) is 5.58. The Balaban J connectivity index is 2.17. The molecule has 1 atom stereocenters. The van der Waals surface area contributed by atoms with E-state index in [0.717, 1.165) is 0 Å². The van der Waals surface area contributed by atoms with E-state index in [1.807, 2.05) is 0 Å². The third-order valence-electron chi connectivity index (χ3n) is 2.53. The molecule has 1 aliphatic heterocycles. The van der Waals surface area contributed by atoms with Gasteiger partial charge in [-0.1, -0.05) is 0 Å². The standard InChI is InChI=1S/C12H14N2O4/c1-7(5-15)13-12(17)8-2-3-10-9(4-8)14-11(16)6-18-10/h2-4,7,15H,5-6H2,1H3,(H,13,17)(H,14,16)/t7-/m0/s1. The van der Waals surface area contributed by atoms with E-state index in [4.69, 9.17) is 9.84 Å². The molecular formula is C12H14N2O4. The number of rotatable bonds is 3. The molecule has 0 spiro atoms. The Morgan fingerprint density at radius 1 is 1.61 bits per heavy atom. The summed E-state index contributed by atoms with van der Waals surface area (Å²) < 4.78 is 5.19. The number of anilines is 1. The Labute approximate surface area is 104 Å². The highest BCUT2D eigenvalue weighted by Gasteiger charge is 2.18. The summed E-state index contributed by atoms with van der Waals surface area (Å²) in [6, 6.07) is 4.47. The Bertz CT molecular complexity index is 487. The van der Waals surface area contributed by atoms with Crippen LogP contribution in [0.3, 0.4) is 0 Å². The number of benzene rings is 1. The highest BCUT2D eigenvalue weighted by Crippen LogP contribution is 2.28. The van der Waals surface area contributed by atoms with Gasteiger partial charge in [-0.3, -0.25) is 9.59 Å². The molecule has 0 aliphatic carbocycles. The first-order chi connectivity index (χ1) is 8.60. The maximum atomic E-state index is 11.8. The fraction of sp³-hybridized carbons (Fsp3) is 0.333. The summed E-state index contributed by atoms with van der Waals surface area (Å²) in [7, 11) is 0. The highest BCUT2D eigenvalue weighted by atomic mass is 16.5. The smallest absolute Gasteiger partial charge is 0.262 e. The van der Waals surface area contributed by atoms with Crippen molar-refractivity contribution in [3.63, 3.8) is 0 Å². The van der Waals surface area contributed by atoms with Crippen molar-refractivity contribution in [2.45, 2.75) is 13.0 Å². The molecule has 0 saturated heterocycles. The maximum absolute atomic E-state index is 11.8. The number of aliphatic hydroxyl groups excluding tert-OH is 1. The molecule has 1 aliphatic rings. The first kappa shape index (κ1) is 12.4. The van der Waals surface area contributed by atoms with Gasteiger partial charge in [-0.05, 0) is 25.1 Å². The summed E-state index contributed by atoms with van der Waals surface area (Å²) in [6.45, 7) is 1.55. The minimum Gasteiger partial charge on any atom is -0.482 e. The average Bonchev–Trinajstić information content (AvgIpc) is 2.37. The van der Waals surface area contributed by atoms with E-state index in [1.165, 1.54) is 0 Å². The van der Waals surface area contributed by atoms with Crippen molar-refractivity contribution in [1.82, 2.24) is 5.32 Å². The highest BCUT2D eigenvalue weighted by molar-refractivity contribution is 5.99. The molecule has 0 unspecified atom stereocenters. The van der Waals surface area contributed by atoms with Gasteiger partial charge in [0.15, 0.2) is 6.61 Å². The van der Waals surface area contributed by atoms with Crippen LogP contribution in [0.25, 0.3) is 0 Å². The molecule has 0 fully saturated rings. The van der Waals surface area contributed by atoms with Gasteiger partial charge < -0.3 is 20.5 Å². The number of aliphatic hydroxyl groups is 1. The average molecular weight is 250 g/mol. The number of hydrogen-bond acceptors (Lipinski definition) is 4. The van der Waals surface area contributed by atoms with Crippen molar-refractivity contribution in [2.75, 3.05) is 18.5 Å². The summed E-state index contributed by atoms with van der Waals surface area (Å²) in [6.07, 6.45) is 0. The second-order valence-electron chi connectivity index (χ2n) is 4.10. The summed E-state index contributed by atoms with van der Waals surface area (Å²) in [5, 5.41) is 14.1.